The van der Waals surface area contributed by atoms with Gasteiger partial charge in [0.05, 0.1) is 5.56 Å². The lowest BCUT2D eigenvalue weighted by Gasteiger charge is -2.33. The minimum Gasteiger partial charge on any atom is -0.339 e. The zero-order valence-electron chi connectivity index (χ0n) is 11.2. The van der Waals surface area contributed by atoms with Crippen LogP contribution in [0, 0.1) is 5.92 Å². The third kappa shape index (κ3) is 3.48. The Labute approximate surface area is 127 Å². The van der Waals surface area contributed by atoms with Crippen LogP contribution in [0.15, 0.2) is 16.7 Å². The van der Waals surface area contributed by atoms with Crippen molar-refractivity contribution in [2.24, 2.45) is 5.92 Å². The van der Waals surface area contributed by atoms with Gasteiger partial charge in [0.2, 0.25) is 0 Å². The minimum atomic E-state index is -0.0432. The second-order valence-electron chi connectivity index (χ2n) is 5.32. The van der Waals surface area contributed by atoms with Crippen LogP contribution in [-0.4, -0.2) is 28.9 Å². The van der Waals surface area contributed by atoms with Gasteiger partial charge in [-0.1, -0.05) is 18.5 Å². The summed E-state index contributed by atoms with van der Waals surface area (Å²) < 4.78 is 0.769. The van der Waals surface area contributed by atoms with Crippen molar-refractivity contribution < 1.29 is 4.79 Å². The Morgan fingerprint density at radius 3 is 2.68 bits per heavy atom. The van der Waals surface area contributed by atoms with Crippen molar-refractivity contribution in [2.45, 2.75) is 38.6 Å². The number of rotatable bonds is 2. The average molecular weight is 346 g/mol. The lowest BCUT2D eigenvalue weighted by atomic mass is 9.86. The molecule has 1 fully saturated rings. The molecular formula is C14H18BrClN2O. The number of carbonyl (C=O) groups excluding carboxylic acids is 1. The fourth-order valence-corrected chi connectivity index (χ4v) is 3.07. The van der Waals surface area contributed by atoms with Gasteiger partial charge in [-0.2, -0.15) is 0 Å². The average Bonchev–Trinajstić information content (AvgIpc) is 2.41. The van der Waals surface area contributed by atoms with Crippen molar-refractivity contribution in [3.8, 4) is 0 Å². The Morgan fingerprint density at radius 1 is 1.42 bits per heavy atom. The van der Waals surface area contributed by atoms with Gasteiger partial charge in [0, 0.05) is 23.8 Å². The summed E-state index contributed by atoms with van der Waals surface area (Å²) in [6.45, 7) is 2.27. The maximum atomic E-state index is 12.5. The molecule has 5 heteroatoms. The highest BCUT2D eigenvalue weighted by Crippen LogP contribution is 2.28. The van der Waals surface area contributed by atoms with E-state index in [0.29, 0.717) is 11.6 Å². The van der Waals surface area contributed by atoms with E-state index in [2.05, 4.69) is 27.8 Å². The zero-order chi connectivity index (χ0) is 14.0. The number of hydrogen-bond acceptors (Lipinski definition) is 2. The van der Waals surface area contributed by atoms with Gasteiger partial charge in [-0.25, -0.2) is 4.98 Å². The largest absolute Gasteiger partial charge is 0.339 e. The van der Waals surface area contributed by atoms with Crippen LogP contribution in [0.4, 0.5) is 0 Å². The van der Waals surface area contributed by atoms with E-state index in [4.69, 9.17) is 11.6 Å². The summed E-state index contributed by atoms with van der Waals surface area (Å²) in [6, 6.07) is 2.05. The highest BCUT2D eigenvalue weighted by Gasteiger charge is 2.26. The summed E-state index contributed by atoms with van der Waals surface area (Å²) in [5.74, 6) is 0.731. The molecule has 1 aromatic heterocycles. The van der Waals surface area contributed by atoms with E-state index in [1.165, 1.54) is 12.8 Å². The van der Waals surface area contributed by atoms with Crippen molar-refractivity contribution in [2.75, 3.05) is 7.05 Å². The Hall–Kier alpha value is -0.610. The molecule has 104 valence electrons. The molecule has 0 radical (unpaired) electrons. The summed E-state index contributed by atoms with van der Waals surface area (Å²) in [6.07, 6.45) is 6.12. The predicted octanol–water partition coefficient (Wildman–Crippen LogP) is 4.15. The lowest BCUT2D eigenvalue weighted by molar-refractivity contribution is 0.0679. The third-order valence-electron chi connectivity index (χ3n) is 3.89. The predicted molar refractivity (Wildman–Crippen MR) is 80.5 cm³/mol. The standard InChI is InChI=1S/C14H18BrClN2O/c1-9-3-5-11(6-4-9)18(2)14(19)12-7-10(15)8-17-13(12)16/h7-9,11H,3-6H2,1-2H3. The Kier molecular flexibility index (Phi) is 4.85. The molecule has 1 aliphatic carbocycles. The molecule has 0 saturated heterocycles. The maximum absolute atomic E-state index is 12.5. The van der Waals surface area contributed by atoms with Crippen LogP contribution in [0.5, 0.6) is 0 Å². The molecule has 1 saturated carbocycles. The van der Waals surface area contributed by atoms with Crippen LogP contribution in [-0.2, 0) is 0 Å². The first-order valence-corrected chi connectivity index (χ1v) is 7.74. The van der Waals surface area contributed by atoms with Crippen LogP contribution < -0.4 is 0 Å². The molecule has 0 N–H and O–H groups in total. The molecule has 1 aromatic rings. The summed E-state index contributed by atoms with van der Waals surface area (Å²) in [7, 11) is 1.86. The molecule has 2 rings (SSSR count). The SMILES string of the molecule is CC1CCC(N(C)C(=O)c2cc(Br)cnc2Cl)CC1. The first kappa shape index (κ1) is 14.8. The summed E-state index contributed by atoms with van der Waals surface area (Å²) in [5, 5.41) is 0.268. The molecule has 19 heavy (non-hydrogen) atoms. The highest BCUT2D eigenvalue weighted by atomic mass is 79.9. The van der Waals surface area contributed by atoms with E-state index in [1.807, 2.05) is 11.9 Å². The molecule has 3 nitrogen and oxygen atoms in total. The Morgan fingerprint density at radius 2 is 2.05 bits per heavy atom. The quantitative estimate of drug-likeness (QED) is 0.754. The van der Waals surface area contributed by atoms with Gasteiger partial charge in [-0.3, -0.25) is 4.79 Å². The summed E-state index contributed by atoms with van der Waals surface area (Å²) in [5.41, 5.74) is 0.470. The van der Waals surface area contributed by atoms with Crippen molar-refractivity contribution in [1.29, 1.82) is 0 Å². The second-order valence-corrected chi connectivity index (χ2v) is 6.60. The molecule has 0 unspecified atom stereocenters. The van der Waals surface area contributed by atoms with Crippen molar-refractivity contribution >= 4 is 33.4 Å². The topological polar surface area (TPSA) is 33.2 Å². The molecule has 1 aliphatic rings. The molecule has 0 aliphatic heterocycles. The van der Waals surface area contributed by atoms with E-state index < -0.39 is 0 Å². The van der Waals surface area contributed by atoms with E-state index in [-0.39, 0.29) is 11.1 Å². The molecule has 0 bridgehead atoms. The molecule has 1 heterocycles. The van der Waals surface area contributed by atoms with Crippen LogP contribution in [0.2, 0.25) is 5.15 Å². The fourth-order valence-electron chi connectivity index (χ4n) is 2.56. The number of nitrogens with zero attached hydrogens (tertiary/aromatic N) is 2. The molecule has 0 aromatic carbocycles. The van der Waals surface area contributed by atoms with E-state index in [1.54, 1.807) is 12.3 Å². The zero-order valence-corrected chi connectivity index (χ0v) is 13.5. The van der Waals surface area contributed by atoms with Crippen LogP contribution >= 0.6 is 27.5 Å². The summed E-state index contributed by atoms with van der Waals surface area (Å²) >= 11 is 9.34. The van der Waals surface area contributed by atoms with Gasteiger partial charge < -0.3 is 4.90 Å². The van der Waals surface area contributed by atoms with Gasteiger partial charge in [0.15, 0.2) is 0 Å². The van der Waals surface area contributed by atoms with Gasteiger partial charge in [0.25, 0.3) is 5.91 Å². The highest BCUT2D eigenvalue weighted by molar-refractivity contribution is 9.10. The molecule has 0 spiro atoms. The van der Waals surface area contributed by atoms with E-state index in [9.17, 15) is 4.79 Å². The number of amides is 1. The first-order valence-electron chi connectivity index (χ1n) is 6.57. The Balaban J connectivity index is 2.12. The Bertz CT molecular complexity index is 473. The lowest BCUT2D eigenvalue weighted by Crippen LogP contribution is -2.39. The molecule has 1 amide bonds. The minimum absolute atomic E-state index is 0.0432. The number of aromatic nitrogens is 1. The van der Waals surface area contributed by atoms with Crippen LogP contribution in [0.1, 0.15) is 43.0 Å². The first-order chi connectivity index (χ1) is 8.99. The van der Waals surface area contributed by atoms with Gasteiger partial charge in [0.1, 0.15) is 5.15 Å². The molecular weight excluding hydrogens is 328 g/mol. The monoisotopic (exact) mass is 344 g/mol. The number of halogens is 2. The van der Waals surface area contributed by atoms with Crippen LogP contribution in [0.25, 0.3) is 0 Å². The molecule has 0 atom stereocenters. The van der Waals surface area contributed by atoms with Crippen molar-refractivity contribution in [3.05, 3.63) is 27.5 Å². The van der Waals surface area contributed by atoms with Gasteiger partial charge in [-0.05, 0) is 53.6 Å². The van der Waals surface area contributed by atoms with Crippen molar-refractivity contribution in [1.82, 2.24) is 9.88 Å². The number of hydrogen-bond donors (Lipinski definition) is 0. The van der Waals surface area contributed by atoms with E-state index in [0.717, 1.165) is 23.2 Å². The summed E-state index contributed by atoms with van der Waals surface area (Å²) in [4.78, 5) is 18.3. The van der Waals surface area contributed by atoms with E-state index >= 15 is 0 Å². The van der Waals surface area contributed by atoms with Gasteiger partial charge >= 0.3 is 0 Å². The van der Waals surface area contributed by atoms with Gasteiger partial charge in [-0.15, -0.1) is 0 Å². The van der Waals surface area contributed by atoms with Crippen LogP contribution in [0.3, 0.4) is 0 Å². The second kappa shape index (κ2) is 6.23. The third-order valence-corrected chi connectivity index (χ3v) is 4.62. The maximum Gasteiger partial charge on any atom is 0.257 e. The normalized spacial score (nSPS) is 23.2. The fraction of sp³-hybridized carbons (Fsp3) is 0.571. The number of carbonyl (C=O) groups is 1. The smallest absolute Gasteiger partial charge is 0.257 e. The number of pyridine rings is 1. The van der Waals surface area contributed by atoms with Crippen molar-refractivity contribution in [3.63, 3.8) is 0 Å².